The fraction of sp³-hybridized carbons (Fsp3) is 0.714. The molecule has 0 fully saturated rings. The fourth-order valence-corrected chi connectivity index (χ4v) is 1.97. The van der Waals surface area contributed by atoms with Crippen LogP contribution in [0.4, 0.5) is 0 Å². The Balaban J connectivity index is 2.55. The lowest BCUT2D eigenvalue weighted by atomic mass is 10.3. The van der Waals surface area contributed by atoms with Gasteiger partial charge in [-0.3, -0.25) is 4.57 Å². The van der Waals surface area contributed by atoms with Gasteiger partial charge >= 0.3 is 5.69 Å². The minimum atomic E-state index is -0.166. The summed E-state index contributed by atoms with van der Waals surface area (Å²) >= 11 is 5.76. The van der Waals surface area contributed by atoms with Crippen LogP contribution in [0.15, 0.2) is 9.95 Å². The number of nitrogens with zero attached hydrogens (tertiary/aromatic N) is 2. The van der Waals surface area contributed by atoms with E-state index in [0.29, 0.717) is 5.92 Å². The Bertz CT molecular complexity index is 320. The van der Waals surface area contributed by atoms with Gasteiger partial charge in [-0.1, -0.05) is 18.7 Å². The van der Waals surface area contributed by atoms with E-state index < -0.39 is 0 Å². The van der Waals surface area contributed by atoms with Crippen LogP contribution in [0.1, 0.15) is 6.92 Å². The molecule has 1 N–H and O–H groups in total. The third-order valence-electron chi connectivity index (χ3n) is 1.65. The molecule has 0 saturated heterocycles. The number of hydrogen-bond acceptors (Lipinski definition) is 4. The topological polar surface area (TPSA) is 50.7 Å². The summed E-state index contributed by atoms with van der Waals surface area (Å²) in [5.41, 5.74) is -0.166. The Kier molecular flexibility index (Phi) is 3.92. The molecule has 13 heavy (non-hydrogen) atoms. The molecule has 0 bridgehead atoms. The Morgan fingerprint density at radius 3 is 2.92 bits per heavy atom. The van der Waals surface area contributed by atoms with Crippen molar-refractivity contribution in [2.24, 2.45) is 13.0 Å². The van der Waals surface area contributed by atoms with Gasteiger partial charge in [0.15, 0.2) is 5.16 Å². The van der Waals surface area contributed by atoms with Crippen molar-refractivity contribution in [1.82, 2.24) is 14.8 Å². The summed E-state index contributed by atoms with van der Waals surface area (Å²) in [6.07, 6.45) is 0. The molecule has 0 radical (unpaired) electrons. The van der Waals surface area contributed by atoms with Crippen LogP contribution in [0.3, 0.4) is 0 Å². The predicted octanol–water partition coefficient (Wildman–Crippen LogP) is 0.766. The van der Waals surface area contributed by atoms with E-state index in [9.17, 15) is 4.79 Å². The molecule has 0 saturated carbocycles. The van der Waals surface area contributed by atoms with Crippen LogP contribution in [0, 0.1) is 5.92 Å². The second-order valence-corrected chi connectivity index (χ2v) is 4.32. The Morgan fingerprint density at radius 1 is 1.77 bits per heavy atom. The summed E-state index contributed by atoms with van der Waals surface area (Å²) in [4.78, 5) is 11.0. The van der Waals surface area contributed by atoms with Gasteiger partial charge in [-0.15, -0.1) is 5.10 Å². The molecule has 6 heteroatoms. The highest BCUT2D eigenvalue weighted by atomic mass is 32.2. The Hall–Kier alpha value is -0.360. The Morgan fingerprint density at radius 2 is 2.46 bits per heavy atom. The molecule has 1 heterocycles. The van der Waals surface area contributed by atoms with Gasteiger partial charge in [0, 0.05) is 12.8 Å². The molecule has 1 aromatic heterocycles. The molecule has 0 spiro atoms. The molecule has 4 nitrogen and oxygen atoms in total. The minimum Gasteiger partial charge on any atom is -0.273 e. The van der Waals surface area contributed by atoms with Crippen LogP contribution in [-0.2, 0) is 7.05 Å². The number of thiol groups is 1. The van der Waals surface area contributed by atoms with Crippen molar-refractivity contribution >= 4 is 24.4 Å². The number of thioether (sulfide) groups is 1. The van der Waals surface area contributed by atoms with Crippen LogP contribution in [0.2, 0.25) is 0 Å². The summed E-state index contributed by atoms with van der Waals surface area (Å²) in [6.45, 7) is 2.12. The average molecular weight is 219 g/mol. The van der Waals surface area contributed by atoms with Gasteiger partial charge in [-0.25, -0.2) is 9.89 Å². The second kappa shape index (κ2) is 4.76. The maximum atomic E-state index is 11.0. The van der Waals surface area contributed by atoms with Gasteiger partial charge in [0.25, 0.3) is 0 Å². The van der Waals surface area contributed by atoms with E-state index in [1.807, 2.05) is 0 Å². The van der Waals surface area contributed by atoms with Crippen molar-refractivity contribution in [2.75, 3.05) is 11.5 Å². The smallest absolute Gasteiger partial charge is 0.273 e. The maximum Gasteiger partial charge on any atom is 0.343 e. The van der Waals surface area contributed by atoms with Crippen LogP contribution >= 0.6 is 24.4 Å². The zero-order valence-corrected chi connectivity index (χ0v) is 9.36. The number of aromatic nitrogens is 3. The molecular formula is C7H13N3OS2. The van der Waals surface area contributed by atoms with E-state index in [-0.39, 0.29) is 5.69 Å². The zero-order valence-electron chi connectivity index (χ0n) is 7.65. The summed E-state index contributed by atoms with van der Waals surface area (Å²) < 4.78 is 1.51. The lowest BCUT2D eigenvalue weighted by Gasteiger charge is -2.05. The van der Waals surface area contributed by atoms with E-state index in [4.69, 9.17) is 0 Å². The van der Waals surface area contributed by atoms with E-state index in [1.54, 1.807) is 18.8 Å². The van der Waals surface area contributed by atoms with Gasteiger partial charge in [-0.2, -0.15) is 12.6 Å². The fourth-order valence-electron chi connectivity index (χ4n) is 0.731. The lowest BCUT2D eigenvalue weighted by Crippen LogP contribution is -2.13. The number of nitrogens with one attached hydrogen (secondary N) is 1. The molecule has 1 atom stereocenters. The average Bonchev–Trinajstić information content (AvgIpc) is 2.44. The lowest BCUT2D eigenvalue weighted by molar-refractivity contribution is 0.743. The molecule has 1 aromatic rings. The monoisotopic (exact) mass is 219 g/mol. The Labute approximate surface area is 86.5 Å². The van der Waals surface area contributed by atoms with Crippen molar-refractivity contribution in [3.63, 3.8) is 0 Å². The molecule has 0 aliphatic rings. The highest BCUT2D eigenvalue weighted by Crippen LogP contribution is 2.16. The van der Waals surface area contributed by atoms with E-state index in [2.05, 4.69) is 29.7 Å². The van der Waals surface area contributed by atoms with Gasteiger partial charge in [0.1, 0.15) is 0 Å². The molecule has 74 valence electrons. The number of rotatable bonds is 4. The highest BCUT2D eigenvalue weighted by molar-refractivity contribution is 7.99. The SMILES string of the molecule is CC(CS)CSc1n[nH]c(=O)n1C. The van der Waals surface area contributed by atoms with Crippen LogP contribution in [0.5, 0.6) is 0 Å². The third kappa shape index (κ3) is 2.80. The van der Waals surface area contributed by atoms with Crippen molar-refractivity contribution in [3.05, 3.63) is 10.5 Å². The largest absolute Gasteiger partial charge is 0.343 e. The van der Waals surface area contributed by atoms with Crippen LogP contribution in [-0.4, -0.2) is 26.3 Å². The molecule has 0 aliphatic carbocycles. The molecule has 1 rings (SSSR count). The van der Waals surface area contributed by atoms with Gasteiger partial charge in [0.05, 0.1) is 0 Å². The number of H-pyrrole nitrogens is 1. The van der Waals surface area contributed by atoms with Crippen molar-refractivity contribution < 1.29 is 0 Å². The van der Waals surface area contributed by atoms with Crippen molar-refractivity contribution in [2.45, 2.75) is 12.1 Å². The first-order chi connectivity index (χ1) is 6.15. The summed E-state index contributed by atoms with van der Waals surface area (Å²) in [6, 6.07) is 0. The molecule has 0 amide bonds. The maximum absolute atomic E-state index is 11.0. The van der Waals surface area contributed by atoms with E-state index in [0.717, 1.165) is 16.7 Å². The van der Waals surface area contributed by atoms with Crippen molar-refractivity contribution in [3.8, 4) is 0 Å². The van der Waals surface area contributed by atoms with Crippen LogP contribution in [0.25, 0.3) is 0 Å². The first-order valence-corrected chi connectivity index (χ1v) is 5.62. The third-order valence-corrected chi connectivity index (χ3v) is 3.63. The number of hydrogen-bond donors (Lipinski definition) is 2. The van der Waals surface area contributed by atoms with Crippen LogP contribution < -0.4 is 5.69 Å². The zero-order chi connectivity index (χ0) is 9.84. The second-order valence-electron chi connectivity index (χ2n) is 2.97. The van der Waals surface area contributed by atoms with E-state index in [1.165, 1.54) is 4.57 Å². The highest BCUT2D eigenvalue weighted by Gasteiger charge is 2.06. The van der Waals surface area contributed by atoms with Crippen molar-refractivity contribution in [1.29, 1.82) is 0 Å². The minimum absolute atomic E-state index is 0.166. The molecule has 1 unspecified atom stereocenters. The summed E-state index contributed by atoms with van der Waals surface area (Å²) in [5, 5.41) is 7.02. The van der Waals surface area contributed by atoms with Gasteiger partial charge in [0.2, 0.25) is 0 Å². The number of aromatic amines is 1. The molecule has 0 aliphatic heterocycles. The van der Waals surface area contributed by atoms with Gasteiger partial charge in [-0.05, 0) is 11.7 Å². The normalized spacial score (nSPS) is 13.2. The first kappa shape index (κ1) is 10.7. The first-order valence-electron chi connectivity index (χ1n) is 4.00. The standard InChI is InChI=1S/C7H13N3OS2/c1-5(3-12)4-13-7-9-8-6(11)10(7)2/h5,12H,3-4H2,1-2H3,(H,8,11). The summed E-state index contributed by atoms with van der Waals surface area (Å²) in [5.74, 6) is 2.31. The van der Waals surface area contributed by atoms with Gasteiger partial charge < -0.3 is 0 Å². The predicted molar refractivity (Wildman–Crippen MR) is 57.6 cm³/mol. The summed E-state index contributed by atoms with van der Waals surface area (Å²) in [7, 11) is 1.71. The molecule has 0 aromatic carbocycles. The molecular weight excluding hydrogens is 206 g/mol. The van der Waals surface area contributed by atoms with E-state index >= 15 is 0 Å². The quantitative estimate of drug-likeness (QED) is 0.581.